The Morgan fingerprint density at radius 3 is 2.21 bits per heavy atom. The summed E-state index contributed by atoms with van der Waals surface area (Å²) >= 11 is 1.51. The number of nitrogens with zero attached hydrogens (tertiary/aromatic N) is 1. The molecular weight excluding hydrogens is 342 g/mol. The van der Waals surface area contributed by atoms with Gasteiger partial charge in [-0.05, 0) is 61.4 Å². The first-order valence-electron chi connectivity index (χ1n) is 7.45. The van der Waals surface area contributed by atoms with Crippen molar-refractivity contribution in [1.29, 1.82) is 0 Å². The van der Waals surface area contributed by atoms with Crippen LogP contribution in [0.1, 0.15) is 21.5 Å². The van der Waals surface area contributed by atoms with Crippen molar-refractivity contribution in [3.8, 4) is 0 Å². The Labute approximate surface area is 147 Å². The molecule has 0 aliphatic carbocycles. The van der Waals surface area contributed by atoms with Crippen LogP contribution in [0.25, 0.3) is 0 Å². The summed E-state index contributed by atoms with van der Waals surface area (Å²) in [6.45, 7) is 4.11. The zero-order chi connectivity index (χ0) is 17.9. The normalized spacial score (nSPS) is 11.3. The van der Waals surface area contributed by atoms with E-state index in [0.29, 0.717) is 17.0 Å². The van der Waals surface area contributed by atoms with Crippen LogP contribution in [0.15, 0.2) is 47.4 Å². The summed E-state index contributed by atoms with van der Waals surface area (Å²) in [5, 5.41) is 0. The van der Waals surface area contributed by atoms with Gasteiger partial charge < -0.3 is 0 Å². The lowest BCUT2D eigenvalue weighted by atomic mass is 10.1. The number of carbonyl (C=O) groups excluding carboxylic acids is 1. The van der Waals surface area contributed by atoms with Gasteiger partial charge in [-0.2, -0.15) is 0 Å². The number of carbonyl (C=O) groups is 1. The molecule has 0 aliphatic heterocycles. The number of aryl methyl sites for hydroxylation is 2. The number of ketones is 1. The highest BCUT2D eigenvalue weighted by molar-refractivity contribution is 8.00. The number of hydrogen-bond donors (Lipinski definition) is 0. The number of rotatable bonds is 6. The molecule has 0 aromatic heterocycles. The summed E-state index contributed by atoms with van der Waals surface area (Å²) in [5.41, 5.74) is 3.56. The second-order valence-electron chi connectivity index (χ2n) is 5.74. The van der Waals surface area contributed by atoms with E-state index in [1.54, 1.807) is 24.3 Å². The molecule has 2 rings (SSSR count). The molecule has 128 valence electrons. The lowest BCUT2D eigenvalue weighted by Gasteiger charge is -2.16. The topological polar surface area (TPSA) is 54.5 Å². The molecule has 0 radical (unpaired) electrons. The first-order chi connectivity index (χ1) is 11.2. The van der Waals surface area contributed by atoms with Gasteiger partial charge in [-0.1, -0.05) is 6.07 Å². The summed E-state index contributed by atoms with van der Waals surface area (Å²) < 4.78 is 24.2. The Bertz CT molecular complexity index is 843. The highest BCUT2D eigenvalue weighted by Gasteiger charge is 2.13. The van der Waals surface area contributed by atoms with Crippen molar-refractivity contribution in [1.82, 2.24) is 0 Å². The van der Waals surface area contributed by atoms with Gasteiger partial charge in [0.1, 0.15) is 0 Å². The molecule has 24 heavy (non-hydrogen) atoms. The maximum Gasteiger partial charge on any atom is 0.231 e. The van der Waals surface area contributed by atoms with Crippen LogP contribution >= 0.6 is 11.8 Å². The zero-order valence-electron chi connectivity index (χ0n) is 14.2. The Morgan fingerprint density at radius 1 is 1.04 bits per heavy atom. The third-order valence-corrected chi connectivity index (χ3v) is 6.10. The highest BCUT2D eigenvalue weighted by atomic mass is 32.2. The van der Waals surface area contributed by atoms with Gasteiger partial charge in [0, 0.05) is 17.5 Å². The predicted octanol–water partition coefficient (Wildman–Crippen LogP) is 3.67. The van der Waals surface area contributed by atoms with Crippen LogP contribution in [0.2, 0.25) is 0 Å². The van der Waals surface area contributed by atoms with Crippen molar-refractivity contribution in [3.63, 3.8) is 0 Å². The van der Waals surface area contributed by atoms with Crippen LogP contribution in [0, 0.1) is 13.8 Å². The van der Waals surface area contributed by atoms with E-state index < -0.39 is 10.0 Å². The lowest BCUT2D eigenvalue weighted by Crippen LogP contribution is -2.24. The molecule has 6 heteroatoms. The van der Waals surface area contributed by atoms with Crippen molar-refractivity contribution in [2.75, 3.05) is 23.4 Å². The van der Waals surface area contributed by atoms with Gasteiger partial charge in [0.25, 0.3) is 0 Å². The Hall–Kier alpha value is -1.79. The van der Waals surface area contributed by atoms with Crippen LogP contribution < -0.4 is 4.31 Å². The van der Waals surface area contributed by atoms with Crippen molar-refractivity contribution >= 4 is 33.3 Å². The quantitative estimate of drug-likeness (QED) is 0.580. The third kappa shape index (κ3) is 4.61. The van der Waals surface area contributed by atoms with E-state index in [1.165, 1.54) is 34.2 Å². The summed E-state index contributed by atoms with van der Waals surface area (Å²) in [6.07, 6.45) is 1.15. The van der Waals surface area contributed by atoms with Crippen molar-refractivity contribution < 1.29 is 13.2 Å². The number of thioether (sulfide) groups is 1. The van der Waals surface area contributed by atoms with Crippen LogP contribution in [0.3, 0.4) is 0 Å². The summed E-state index contributed by atoms with van der Waals surface area (Å²) in [6, 6.07) is 12.8. The fourth-order valence-electron chi connectivity index (χ4n) is 2.08. The average molecular weight is 364 g/mol. The highest BCUT2D eigenvalue weighted by Crippen LogP contribution is 2.23. The third-order valence-electron chi connectivity index (χ3n) is 3.90. The van der Waals surface area contributed by atoms with Crippen molar-refractivity contribution in [3.05, 3.63) is 59.2 Å². The molecule has 0 N–H and O–H groups in total. The van der Waals surface area contributed by atoms with Gasteiger partial charge >= 0.3 is 0 Å². The zero-order valence-corrected chi connectivity index (χ0v) is 15.9. The van der Waals surface area contributed by atoms with Gasteiger partial charge in [0.05, 0.1) is 17.7 Å². The fourth-order valence-corrected chi connectivity index (χ4v) is 3.48. The molecule has 4 nitrogen and oxygen atoms in total. The number of sulfonamides is 1. The van der Waals surface area contributed by atoms with Crippen LogP contribution in [-0.2, 0) is 10.0 Å². The molecule has 2 aromatic carbocycles. The summed E-state index contributed by atoms with van der Waals surface area (Å²) in [4.78, 5) is 13.4. The minimum Gasteiger partial charge on any atom is -0.293 e. The lowest BCUT2D eigenvalue weighted by molar-refractivity contribution is 0.102. The molecule has 0 fully saturated rings. The second-order valence-corrected chi connectivity index (χ2v) is 8.80. The minimum atomic E-state index is -3.30. The van der Waals surface area contributed by atoms with E-state index in [4.69, 9.17) is 0 Å². The van der Waals surface area contributed by atoms with Crippen molar-refractivity contribution in [2.45, 2.75) is 18.7 Å². The molecule has 0 amide bonds. The molecule has 0 bridgehead atoms. The fraction of sp³-hybridized carbons (Fsp3) is 0.278. The largest absolute Gasteiger partial charge is 0.293 e. The molecule has 0 aliphatic rings. The van der Waals surface area contributed by atoms with E-state index in [2.05, 4.69) is 26.0 Å². The van der Waals surface area contributed by atoms with E-state index >= 15 is 0 Å². The smallest absolute Gasteiger partial charge is 0.231 e. The monoisotopic (exact) mass is 363 g/mol. The number of anilines is 1. The van der Waals surface area contributed by atoms with Crippen LogP contribution in [0.5, 0.6) is 0 Å². The minimum absolute atomic E-state index is 0.0202. The maximum atomic E-state index is 12.3. The van der Waals surface area contributed by atoms with Gasteiger partial charge in [-0.25, -0.2) is 8.42 Å². The Kier molecular flexibility index (Phi) is 5.72. The summed E-state index contributed by atoms with van der Waals surface area (Å²) in [7, 11) is -1.81. The molecule has 0 saturated carbocycles. The molecule has 2 aromatic rings. The van der Waals surface area contributed by atoms with Gasteiger partial charge in [0.2, 0.25) is 10.0 Å². The molecule has 0 unspecified atom stereocenters. The van der Waals surface area contributed by atoms with Crippen LogP contribution in [0.4, 0.5) is 5.69 Å². The van der Waals surface area contributed by atoms with Gasteiger partial charge in [-0.15, -0.1) is 11.8 Å². The first kappa shape index (κ1) is 18.5. The van der Waals surface area contributed by atoms with Gasteiger partial charge in [-0.3, -0.25) is 9.10 Å². The Balaban J connectivity index is 2.03. The predicted molar refractivity (Wildman–Crippen MR) is 101 cm³/mol. The van der Waals surface area contributed by atoms with E-state index in [1.807, 2.05) is 6.07 Å². The van der Waals surface area contributed by atoms with E-state index in [0.717, 1.165) is 11.2 Å². The molecule has 0 spiro atoms. The molecular formula is C18H21NO3S2. The number of hydrogen-bond acceptors (Lipinski definition) is 4. The number of benzene rings is 2. The second kappa shape index (κ2) is 7.40. The SMILES string of the molecule is Cc1ccc(SCC(=O)c2ccc(N(C)S(C)(=O)=O)cc2)cc1C. The first-order valence-corrected chi connectivity index (χ1v) is 10.3. The van der Waals surface area contributed by atoms with Crippen LogP contribution in [-0.4, -0.2) is 33.3 Å². The van der Waals surface area contributed by atoms with Crippen molar-refractivity contribution in [2.24, 2.45) is 0 Å². The molecule has 0 heterocycles. The Morgan fingerprint density at radius 2 is 1.67 bits per heavy atom. The molecule has 0 saturated heterocycles. The van der Waals surface area contributed by atoms with E-state index in [-0.39, 0.29) is 5.78 Å². The van der Waals surface area contributed by atoms with E-state index in [9.17, 15) is 13.2 Å². The van der Waals surface area contributed by atoms with Gasteiger partial charge in [0.15, 0.2) is 5.78 Å². The number of Topliss-reactive ketones (excluding diaryl/α,β-unsaturated/α-hetero) is 1. The summed E-state index contributed by atoms with van der Waals surface area (Å²) in [5.74, 6) is 0.371. The molecule has 0 atom stereocenters. The maximum absolute atomic E-state index is 12.3. The average Bonchev–Trinajstić information content (AvgIpc) is 2.54. The standard InChI is InChI=1S/C18H21NO3S2/c1-13-5-10-17(11-14(13)2)23-12-18(20)15-6-8-16(9-7-15)19(3)24(4,21)22/h5-11H,12H2,1-4H3.